The SMILES string of the molecule is COc1ccc(CN2CCNCC2c2ccccc2Cl)c(OC)c1OC.Cl. The second kappa shape index (κ2) is 10.0. The summed E-state index contributed by atoms with van der Waals surface area (Å²) < 4.78 is 16.5. The first-order valence-electron chi connectivity index (χ1n) is 8.66. The molecule has 1 unspecified atom stereocenters. The zero-order valence-corrected chi connectivity index (χ0v) is 17.4. The zero-order valence-electron chi connectivity index (χ0n) is 15.8. The van der Waals surface area contributed by atoms with Crippen LogP contribution < -0.4 is 19.5 Å². The monoisotopic (exact) mass is 412 g/mol. The van der Waals surface area contributed by atoms with E-state index in [2.05, 4.69) is 16.3 Å². The highest BCUT2D eigenvalue weighted by atomic mass is 35.5. The van der Waals surface area contributed by atoms with Crippen LogP contribution in [-0.2, 0) is 6.54 Å². The minimum atomic E-state index is 0. The third-order valence-electron chi connectivity index (χ3n) is 4.78. The predicted molar refractivity (Wildman–Crippen MR) is 111 cm³/mol. The van der Waals surface area contributed by atoms with Gasteiger partial charge in [-0.1, -0.05) is 35.9 Å². The van der Waals surface area contributed by atoms with E-state index in [1.54, 1.807) is 21.3 Å². The first-order chi connectivity index (χ1) is 12.7. The van der Waals surface area contributed by atoms with E-state index >= 15 is 0 Å². The van der Waals surface area contributed by atoms with Gasteiger partial charge in [-0.25, -0.2) is 0 Å². The largest absolute Gasteiger partial charge is 0.493 e. The average molecular weight is 413 g/mol. The number of methoxy groups -OCH3 is 3. The Morgan fingerprint density at radius 1 is 1.04 bits per heavy atom. The predicted octanol–water partition coefficient (Wildman–Crippen LogP) is 3.93. The third kappa shape index (κ3) is 4.61. The van der Waals surface area contributed by atoms with Gasteiger partial charge in [-0.05, 0) is 17.7 Å². The van der Waals surface area contributed by atoms with Crippen LogP contribution in [0.2, 0.25) is 5.02 Å². The normalized spacial score (nSPS) is 17.1. The highest BCUT2D eigenvalue weighted by Crippen LogP contribution is 2.41. The topological polar surface area (TPSA) is 43.0 Å². The summed E-state index contributed by atoms with van der Waals surface area (Å²) in [5.41, 5.74) is 2.20. The Labute approximate surface area is 172 Å². The lowest BCUT2D eigenvalue weighted by Gasteiger charge is -2.37. The van der Waals surface area contributed by atoms with Gasteiger partial charge in [0, 0.05) is 42.8 Å². The number of benzene rings is 2. The average Bonchev–Trinajstić information content (AvgIpc) is 2.68. The molecule has 1 aliphatic heterocycles. The maximum atomic E-state index is 6.46. The molecular formula is C20H26Cl2N2O3. The van der Waals surface area contributed by atoms with Gasteiger partial charge in [-0.3, -0.25) is 4.90 Å². The molecule has 1 heterocycles. The Morgan fingerprint density at radius 2 is 1.78 bits per heavy atom. The number of ether oxygens (including phenoxy) is 3. The maximum Gasteiger partial charge on any atom is 0.203 e. The molecule has 27 heavy (non-hydrogen) atoms. The minimum Gasteiger partial charge on any atom is -0.493 e. The van der Waals surface area contributed by atoms with Crippen LogP contribution in [0.3, 0.4) is 0 Å². The van der Waals surface area contributed by atoms with E-state index in [9.17, 15) is 0 Å². The van der Waals surface area contributed by atoms with Crippen molar-refractivity contribution >= 4 is 24.0 Å². The number of hydrogen-bond donors (Lipinski definition) is 1. The van der Waals surface area contributed by atoms with E-state index in [4.69, 9.17) is 25.8 Å². The van der Waals surface area contributed by atoms with Crippen molar-refractivity contribution in [1.29, 1.82) is 0 Å². The van der Waals surface area contributed by atoms with Crippen LogP contribution in [0, 0.1) is 0 Å². The van der Waals surface area contributed by atoms with E-state index in [0.29, 0.717) is 17.2 Å². The van der Waals surface area contributed by atoms with Gasteiger partial charge in [0.15, 0.2) is 11.5 Å². The van der Waals surface area contributed by atoms with Gasteiger partial charge in [-0.15, -0.1) is 12.4 Å². The zero-order chi connectivity index (χ0) is 18.5. The second-order valence-corrected chi connectivity index (χ2v) is 6.61. The van der Waals surface area contributed by atoms with Crippen LogP contribution in [0.1, 0.15) is 17.2 Å². The van der Waals surface area contributed by atoms with Gasteiger partial charge < -0.3 is 19.5 Å². The molecule has 0 aromatic heterocycles. The van der Waals surface area contributed by atoms with Crippen molar-refractivity contribution in [2.45, 2.75) is 12.6 Å². The third-order valence-corrected chi connectivity index (χ3v) is 5.12. The molecule has 0 bridgehead atoms. The molecule has 0 amide bonds. The highest BCUT2D eigenvalue weighted by Gasteiger charge is 2.27. The Hall–Kier alpha value is -1.66. The van der Waals surface area contributed by atoms with Crippen molar-refractivity contribution in [2.75, 3.05) is 41.0 Å². The van der Waals surface area contributed by atoms with Crippen molar-refractivity contribution < 1.29 is 14.2 Å². The van der Waals surface area contributed by atoms with E-state index in [0.717, 1.165) is 42.3 Å². The summed E-state index contributed by atoms with van der Waals surface area (Å²) in [7, 11) is 4.91. The molecule has 1 saturated heterocycles. The lowest BCUT2D eigenvalue weighted by Crippen LogP contribution is -2.45. The molecule has 2 aromatic carbocycles. The van der Waals surface area contributed by atoms with Gasteiger partial charge in [0.2, 0.25) is 5.75 Å². The molecule has 1 N–H and O–H groups in total. The molecule has 2 aromatic rings. The van der Waals surface area contributed by atoms with Gasteiger partial charge in [-0.2, -0.15) is 0 Å². The minimum absolute atomic E-state index is 0. The van der Waals surface area contributed by atoms with Crippen molar-refractivity contribution in [3.63, 3.8) is 0 Å². The van der Waals surface area contributed by atoms with E-state index < -0.39 is 0 Å². The summed E-state index contributed by atoms with van der Waals surface area (Å²) in [4.78, 5) is 2.42. The van der Waals surface area contributed by atoms with Crippen LogP contribution in [0.15, 0.2) is 36.4 Å². The molecular weight excluding hydrogens is 387 g/mol. The van der Waals surface area contributed by atoms with E-state index in [-0.39, 0.29) is 18.4 Å². The Morgan fingerprint density at radius 3 is 2.44 bits per heavy atom. The van der Waals surface area contributed by atoms with Crippen LogP contribution in [0.25, 0.3) is 0 Å². The molecule has 7 heteroatoms. The van der Waals surface area contributed by atoms with E-state index in [1.807, 2.05) is 30.3 Å². The number of hydrogen-bond acceptors (Lipinski definition) is 5. The summed E-state index contributed by atoms with van der Waals surface area (Å²) in [5.74, 6) is 2.00. The molecule has 1 atom stereocenters. The van der Waals surface area contributed by atoms with Gasteiger partial charge in [0.05, 0.1) is 21.3 Å². The highest BCUT2D eigenvalue weighted by molar-refractivity contribution is 6.31. The summed E-state index contributed by atoms with van der Waals surface area (Å²) in [6.07, 6.45) is 0. The van der Waals surface area contributed by atoms with Crippen molar-refractivity contribution in [2.24, 2.45) is 0 Å². The van der Waals surface area contributed by atoms with Crippen molar-refractivity contribution in [1.82, 2.24) is 10.2 Å². The molecule has 1 fully saturated rings. The van der Waals surface area contributed by atoms with Crippen molar-refractivity contribution in [3.05, 3.63) is 52.5 Å². The summed E-state index contributed by atoms with van der Waals surface area (Å²) in [5, 5.41) is 4.27. The fourth-order valence-electron chi connectivity index (χ4n) is 3.49. The fraction of sp³-hybridized carbons (Fsp3) is 0.400. The second-order valence-electron chi connectivity index (χ2n) is 6.21. The van der Waals surface area contributed by atoms with Crippen LogP contribution in [0.5, 0.6) is 17.2 Å². The molecule has 0 saturated carbocycles. The molecule has 0 spiro atoms. The van der Waals surface area contributed by atoms with Crippen LogP contribution in [0.4, 0.5) is 0 Å². The molecule has 0 aliphatic carbocycles. The Bertz CT molecular complexity index is 758. The number of rotatable bonds is 6. The molecule has 148 valence electrons. The first-order valence-corrected chi connectivity index (χ1v) is 9.04. The standard InChI is InChI=1S/C20H25ClN2O3.ClH/c1-24-18-9-8-14(19(25-2)20(18)26-3)13-23-11-10-22-12-17(23)15-6-4-5-7-16(15)21;/h4-9,17,22H,10-13H2,1-3H3;1H. The number of nitrogens with zero attached hydrogens (tertiary/aromatic N) is 1. The number of piperazine rings is 1. The fourth-order valence-corrected chi connectivity index (χ4v) is 3.76. The molecule has 0 radical (unpaired) electrons. The van der Waals surface area contributed by atoms with Crippen molar-refractivity contribution in [3.8, 4) is 17.2 Å². The quantitative estimate of drug-likeness (QED) is 0.778. The summed E-state index contributed by atoms with van der Waals surface area (Å²) >= 11 is 6.46. The number of halogens is 2. The lowest BCUT2D eigenvalue weighted by atomic mass is 10.0. The smallest absolute Gasteiger partial charge is 0.203 e. The van der Waals surface area contributed by atoms with Crippen LogP contribution >= 0.6 is 24.0 Å². The Kier molecular flexibility index (Phi) is 8.05. The van der Waals surface area contributed by atoms with Gasteiger partial charge in [0.25, 0.3) is 0 Å². The first kappa shape index (κ1) is 21.6. The van der Waals surface area contributed by atoms with E-state index in [1.165, 1.54) is 0 Å². The maximum absolute atomic E-state index is 6.46. The van der Waals surface area contributed by atoms with Gasteiger partial charge >= 0.3 is 0 Å². The molecule has 1 aliphatic rings. The van der Waals surface area contributed by atoms with Crippen LogP contribution in [-0.4, -0.2) is 45.9 Å². The van der Waals surface area contributed by atoms with Gasteiger partial charge in [0.1, 0.15) is 0 Å². The Balaban J connectivity index is 0.00000261. The number of nitrogens with one attached hydrogen (secondary N) is 1. The molecule has 5 nitrogen and oxygen atoms in total. The summed E-state index contributed by atoms with van der Waals surface area (Å²) in [6, 6.07) is 12.2. The summed E-state index contributed by atoms with van der Waals surface area (Å²) in [6.45, 7) is 3.46. The lowest BCUT2D eigenvalue weighted by molar-refractivity contribution is 0.152. The molecule has 3 rings (SSSR count).